The summed E-state index contributed by atoms with van der Waals surface area (Å²) >= 11 is 0. The van der Waals surface area contributed by atoms with E-state index in [0.717, 1.165) is 6.42 Å². The Balaban J connectivity index is 1.93. The molecule has 0 amide bonds. The number of rotatable bonds is 1. The largest absolute Gasteiger partial charge is 0.455 e. The van der Waals surface area contributed by atoms with Crippen molar-refractivity contribution in [2.24, 2.45) is 10.8 Å². The molecule has 2 N–H and O–H groups in total. The molecule has 2 aliphatic carbocycles. The zero-order valence-corrected chi connectivity index (χ0v) is 8.58. The normalized spacial score (nSPS) is 34.6. The molecule has 0 aliphatic heterocycles. The first kappa shape index (κ1) is 9.54. The van der Waals surface area contributed by atoms with Crippen molar-refractivity contribution in [3.63, 3.8) is 0 Å². The first-order valence-corrected chi connectivity index (χ1v) is 5.31. The Morgan fingerprint density at radius 1 is 1.08 bits per heavy atom. The van der Waals surface area contributed by atoms with Gasteiger partial charge in [0.2, 0.25) is 0 Å². The Kier molecular flexibility index (Phi) is 2.01. The molecule has 1 atom stereocenters. The lowest BCUT2D eigenvalue weighted by atomic mass is 9.66. The molecule has 74 valence electrons. The van der Waals surface area contributed by atoms with Crippen LogP contribution in [0.4, 0.5) is 0 Å². The fourth-order valence-electron chi connectivity index (χ4n) is 2.80. The van der Waals surface area contributed by atoms with Gasteiger partial charge >= 0.3 is 7.12 Å². The summed E-state index contributed by atoms with van der Waals surface area (Å²) in [5.41, 5.74) is 0.808. The smallest absolute Gasteiger partial charge is 0.427 e. The third-order valence-corrected chi connectivity index (χ3v) is 4.21. The summed E-state index contributed by atoms with van der Waals surface area (Å²) < 4.78 is 0. The van der Waals surface area contributed by atoms with E-state index >= 15 is 0 Å². The molecule has 0 aromatic heterocycles. The molecule has 3 heteroatoms. The van der Waals surface area contributed by atoms with Crippen LogP contribution in [-0.4, -0.2) is 17.2 Å². The molecule has 0 bridgehead atoms. The predicted molar refractivity (Wildman–Crippen MR) is 53.2 cm³/mol. The van der Waals surface area contributed by atoms with Gasteiger partial charge in [0.25, 0.3) is 0 Å². The molecule has 0 radical (unpaired) electrons. The van der Waals surface area contributed by atoms with Crippen LogP contribution in [0.2, 0.25) is 5.82 Å². The van der Waals surface area contributed by atoms with Crippen molar-refractivity contribution in [1.29, 1.82) is 0 Å². The van der Waals surface area contributed by atoms with E-state index in [1.54, 1.807) is 0 Å². The topological polar surface area (TPSA) is 40.5 Å². The second-order valence-corrected chi connectivity index (χ2v) is 5.75. The van der Waals surface area contributed by atoms with Crippen LogP contribution < -0.4 is 0 Å². The average molecular weight is 182 g/mol. The van der Waals surface area contributed by atoms with E-state index in [-0.39, 0.29) is 5.82 Å². The van der Waals surface area contributed by atoms with Crippen LogP contribution in [-0.2, 0) is 0 Å². The summed E-state index contributed by atoms with van der Waals surface area (Å²) in [7, 11) is -1.07. The third kappa shape index (κ3) is 1.64. The van der Waals surface area contributed by atoms with Crippen molar-refractivity contribution in [2.45, 2.75) is 51.8 Å². The molecule has 1 unspecified atom stereocenters. The van der Waals surface area contributed by atoms with Gasteiger partial charge in [-0.25, -0.2) is 0 Å². The first-order valence-electron chi connectivity index (χ1n) is 5.31. The van der Waals surface area contributed by atoms with Crippen LogP contribution in [0.3, 0.4) is 0 Å². The first-order chi connectivity index (χ1) is 5.95. The fourth-order valence-corrected chi connectivity index (χ4v) is 2.80. The SMILES string of the molecule is CC1(C)CCC2(CC1)CC2B(O)O. The van der Waals surface area contributed by atoms with Crippen LogP contribution in [0.5, 0.6) is 0 Å². The van der Waals surface area contributed by atoms with Gasteiger partial charge in [-0.3, -0.25) is 0 Å². The average Bonchev–Trinajstić information content (AvgIpc) is 2.72. The maximum Gasteiger partial charge on any atom is 0.455 e. The van der Waals surface area contributed by atoms with Gasteiger partial charge in [-0.15, -0.1) is 0 Å². The van der Waals surface area contributed by atoms with Crippen LogP contribution in [0.1, 0.15) is 46.0 Å². The summed E-state index contributed by atoms with van der Waals surface area (Å²) in [4.78, 5) is 0. The van der Waals surface area contributed by atoms with Crippen LogP contribution in [0, 0.1) is 10.8 Å². The quantitative estimate of drug-likeness (QED) is 0.607. The highest BCUT2D eigenvalue weighted by Gasteiger charge is 2.60. The van der Waals surface area contributed by atoms with Gasteiger partial charge in [-0.05, 0) is 48.8 Å². The minimum atomic E-state index is -1.07. The predicted octanol–water partition coefficient (Wildman–Crippen LogP) is 1.82. The van der Waals surface area contributed by atoms with Gasteiger partial charge < -0.3 is 10.0 Å². The minimum absolute atomic E-state index is 0.184. The zero-order chi connectivity index (χ0) is 9.69. The Bertz CT molecular complexity index is 203. The molecule has 1 spiro atoms. The van der Waals surface area contributed by atoms with E-state index < -0.39 is 7.12 Å². The molecule has 2 fully saturated rings. The maximum atomic E-state index is 9.10. The van der Waals surface area contributed by atoms with E-state index in [2.05, 4.69) is 13.8 Å². The summed E-state index contributed by atoms with van der Waals surface area (Å²) in [6.45, 7) is 4.62. The Morgan fingerprint density at radius 3 is 2.00 bits per heavy atom. The van der Waals surface area contributed by atoms with Crippen molar-refractivity contribution in [3.8, 4) is 0 Å². The highest BCUT2D eigenvalue weighted by molar-refractivity contribution is 6.44. The van der Waals surface area contributed by atoms with Gasteiger partial charge in [0.05, 0.1) is 0 Å². The minimum Gasteiger partial charge on any atom is -0.427 e. The van der Waals surface area contributed by atoms with Crippen LogP contribution in [0.15, 0.2) is 0 Å². The lowest BCUT2D eigenvalue weighted by molar-refractivity contribution is 0.175. The molecule has 0 heterocycles. The zero-order valence-electron chi connectivity index (χ0n) is 8.58. The van der Waals surface area contributed by atoms with Crippen molar-refractivity contribution in [2.75, 3.05) is 0 Å². The Hall–Kier alpha value is -0.0151. The van der Waals surface area contributed by atoms with E-state index in [1.165, 1.54) is 25.7 Å². The van der Waals surface area contributed by atoms with Gasteiger partial charge in [0.1, 0.15) is 0 Å². The lowest BCUT2D eigenvalue weighted by Crippen LogP contribution is -2.25. The van der Waals surface area contributed by atoms with Gasteiger partial charge in [0.15, 0.2) is 0 Å². The molecule has 2 saturated carbocycles. The summed E-state index contributed by atoms with van der Waals surface area (Å²) in [5, 5.41) is 18.2. The lowest BCUT2D eigenvalue weighted by Gasteiger charge is -2.35. The van der Waals surface area contributed by atoms with Crippen molar-refractivity contribution in [3.05, 3.63) is 0 Å². The summed E-state index contributed by atoms with van der Waals surface area (Å²) in [6, 6.07) is 0. The van der Waals surface area contributed by atoms with E-state index in [9.17, 15) is 0 Å². The van der Waals surface area contributed by atoms with Crippen molar-refractivity contribution in [1.82, 2.24) is 0 Å². The molecule has 2 rings (SSSR count). The Labute approximate surface area is 80.5 Å². The fraction of sp³-hybridized carbons (Fsp3) is 1.00. The molecule has 13 heavy (non-hydrogen) atoms. The van der Waals surface area contributed by atoms with Crippen molar-refractivity contribution < 1.29 is 10.0 Å². The van der Waals surface area contributed by atoms with E-state index in [0.29, 0.717) is 10.8 Å². The molecule has 0 aromatic rings. The van der Waals surface area contributed by atoms with Crippen LogP contribution in [0.25, 0.3) is 0 Å². The second kappa shape index (κ2) is 2.74. The molecule has 2 nitrogen and oxygen atoms in total. The molecule has 0 aromatic carbocycles. The van der Waals surface area contributed by atoms with Gasteiger partial charge in [-0.1, -0.05) is 13.8 Å². The second-order valence-electron chi connectivity index (χ2n) is 5.75. The molecular weight excluding hydrogens is 163 g/mol. The monoisotopic (exact) mass is 182 g/mol. The van der Waals surface area contributed by atoms with E-state index in [1.807, 2.05) is 0 Å². The van der Waals surface area contributed by atoms with Gasteiger partial charge in [0, 0.05) is 0 Å². The van der Waals surface area contributed by atoms with Crippen LogP contribution >= 0.6 is 0 Å². The highest BCUT2D eigenvalue weighted by Crippen LogP contribution is 2.68. The highest BCUT2D eigenvalue weighted by atomic mass is 16.4. The molecular formula is C10H19BO2. The summed E-state index contributed by atoms with van der Waals surface area (Å²) in [6.07, 6.45) is 5.93. The number of hydrogen-bond donors (Lipinski definition) is 2. The number of hydrogen-bond acceptors (Lipinski definition) is 2. The van der Waals surface area contributed by atoms with E-state index in [4.69, 9.17) is 10.0 Å². The van der Waals surface area contributed by atoms with Gasteiger partial charge in [-0.2, -0.15) is 0 Å². The third-order valence-electron chi connectivity index (χ3n) is 4.21. The van der Waals surface area contributed by atoms with Crippen molar-refractivity contribution >= 4 is 7.12 Å². The molecule has 0 saturated heterocycles. The summed E-state index contributed by atoms with van der Waals surface area (Å²) in [5.74, 6) is 0.184. The molecule has 2 aliphatic rings. The Morgan fingerprint density at radius 2 is 1.62 bits per heavy atom. The maximum absolute atomic E-state index is 9.10. The standard InChI is InChI=1S/C10H19BO2/c1-9(2)3-5-10(6-4-9)7-8(10)11(12)13/h8,12-13H,3-7H2,1-2H3.